The number of alkyl halides is 1. The van der Waals surface area contributed by atoms with Gasteiger partial charge in [0.15, 0.2) is 0 Å². The number of amides is 2. The summed E-state index contributed by atoms with van der Waals surface area (Å²) in [6.45, 7) is 1.53. The molecule has 2 aliphatic heterocycles. The number of rotatable bonds is 6. The SMILES string of the molecule is O=C(Nc1ccc(C2C(Cl)c3ccc(OC4CCOCC4)cc3N2C2CCC2)cc1)NC1CCC1. The zero-order chi connectivity index (χ0) is 23.8. The molecule has 6 nitrogen and oxygen atoms in total. The van der Waals surface area contributed by atoms with Gasteiger partial charge in [-0.2, -0.15) is 0 Å². The Hall–Kier alpha value is -2.44. The number of urea groups is 1. The van der Waals surface area contributed by atoms with Gasteiger partial charge in [0.1, 0.15) is 11.9 Å². The first-order valence-corrected chi connectivity index (χ1v) is 13.6. The molecule has 6 rings (SSSR count). The number of nitrogens with zero attached hydrogens (tertiary/aromatic N) is 1. The van der Waals surface area contributed by atoms with Gasteiger partial charge in [0.05, 0.1) is 24.6 Å². The zero-order valence-corrected chi connectivity index (χ0v) is 20.8. The van der Waals surface area contributed by atoms with Crippen LogP contribution >= 0.6 is 11.6 Å². The number of nitrogens with one attached hydrogen (secondary N) is 2. The number of carbonyl (C=O) groups excluding carboxylic acids is 1. The van der Waals surface area contributed by atoms with Gasteiger partial charge in [0.2, 0.25) is 0 Å². The van der Waals surface area contributed by atoms with Gasteiger partial charge in [-0.3, -0.25) is 0 Å². The Balaban J connectivity index is 1.21. The van der Waals surface area contributed by atoms with Crippen LogP contribution in [-0.4, -0.2) is 37.4 Å². The summed E-state index contributed by atoms with van der Waals surface area (Å²) < 4.78 is 11.8. The second-order valence-electron chi connectivity index (χ2n) is 10.3. The van der Waals surface area contributed by atoms with E-state index in [2.05, 4.69) is 45.9 Å². The van der Waals surface area contributed by atoms with Crippen LogP contribution < -0.4 is 20.3 Å². The van der Waals surface area contributed by atoms with Crippen molar-refractivity contribution in [1.29, 1.82) is 0 Å². The van der Waals surface area contributed by atoms with Crippen molar-refractivity contribution < 1.29 is 14.3 Å². The van der Waals surface area contributed by atoms with Gasteiger partial charge in [-0.25, -0.2) is 4.79 Å². The normalized spacial score (nSPS) is 24.9. The fourth-order valence-corrected chi connectivity index (χ4v) is 6.04. The molecule has 2 aromatic rings. The monoisotopic (exact) mass is 495 g/mol. The smallest absolute Gasteiger partial charge is 0.319 e. The predicted octanol–water partition coefficient (Wildman–Crippen LogP) is 6.31. The highest BCUT2D eigenvalue weighted by Crippen LogP contribution is 2.55. The molecule has 2 atom stereocenters. The molecule has 2 unspecified atom stereocenters. The Kier molecular flexibility index (Phi) is 6.50. The summed E-state index contributed by atoms with van der Waals surface area (Å²) in [6.07, 6.45) is 9.06. The number of ether oxygens (including phenoxy) is 2. The molecule has 0 spiro atoms. The molecule has 2 aliphatic carbocycles. The van der Waals surface area contributed by atoms with E-state index in [4.69, 9.17) is 21.1 Å². The summed E-state index contributed by atoms with van der Waals surface area (Å²) in [6, 6.07) is 15.3. The third-order valence-corrected chi connectivity index (χ3v) is 8.52. The highest BCUT2D eigenvalue weighted by Gasteiger charge is 2.43. The maximum absolute atomic E-state index is 12.2. The van der Waals surface area contributed by atoms with Crippen LogP contribution in [-0.2, 0) is 4.74 Å². The molecular weight excluding hydrogens is 462 g/mol. The molecule has 2 N–H and O–H groups in total. The van der Waals surface area contributed by atoms with E-state index in [0.29, 0.717) is 12.1 Å². The quantitative estimate of drug-likeness (QED) is 0.461. The maximum atomic E-state index is 12.2. The molecule has 0 bridgehead atoms. The second-order valence-corrected chi connectivity index (χ2v) is 10.8. The Labute approximate surface area is 212 Å². The molecule has 2 aromatic carbocycles. The highest BCUT2D eigenvalue weighted by atomic mass is 35.5. The molecule has 35 heavy (non-hydrogen) atoms. The van der Waals surface area contributed by atoms with Crippen molar-refractivity contribution in [3.8, 4) is 5.75 Å². The number of benzene rings is 2. The molecule has 3 fully saturated rings. The lowest BCUT2D eigenvalue weighted by Crippen LogP contribution is -2.42. The van der Waals surface area contributed by atoms with Crippen molar-refractivity contribution in [3.05, 3.63) is 53.6 Å². The number of hydrogen-bond donors (Lipinski definition) is 2. The molecule has 2 saturated carbocycles. The van der Waals surface area contributed by atoms with E-state index in [9.17, 15) is 4.79 Å². The van der Waals surface area contributed by atoms with Crippen molar-refractivity contribution in [3.63, 3.8) is 0 Å². The number of carbonyl (C=O) groups is 1. The van der Waals surface area contributed by atoms with Crippen LogP contribution in [0.3, 0.4) is 0 Å². The molecule has 0 aromatic heterocycles. The molecule has 1 saturated heterocycles. The van der Waals surface area contributed by atoms with Gasteiger partial charge in [-0.1, -0.05) is 18.2 Å². The van der Waals surface area contributed by atoms with Crippen molar-refractivity contribution in [2.75, 3.05) is 23.4 Å². The Morgan fingerprint density at radius 3 is 2.37 bits per heavy atom. The number of fused-ring (bicyclic) bond motifs is 1. The molecular formula is C28H34ClN3O3. The van der Waals surface area contributed by atoms with Crippen molar-refractivity contribution in [2.24, 2.45) is 0 Å². The molecule has 2 heterocycles. The molecule has 0 radical (unpaired) electrons. The van der Waals surface area contributed by atoms with Crippen LogP contribution in [0.1, 0.15) is 73.9 Å². The van der Waals surface area contributed by atoms with E-state index < -0.39 is 0 Å². The Morgan fingerprint density at radius 2 is 1.71 bits per heavy atom. The average Bonchev–Trinajstić information content (AvgIpc) is 3.08. The molecule has 4 aliphatic rings. The van der Waals surface area contributed by atoms with Gasteiger partial charge in [0, 0.05) is 42.4 Å². The third kappa shape index (κ3) is 4.70. The molecule has 2 amide bonds. The van der Waals surface area contributed by atoms with Crippen LogP contribution in [0.4, 0.5) is 16.2 Å². The van der Waals surface area contributed by atoms with Gasteiger partial charge < -0.3 is 25.0 Å². The first-order valence-electron chi connectivity index (χ1n) is 13.1. The Morgan fingerprint density at radius 1 is 0.971 bits per heavy atom. The largest absolute Gasteiger partial charge is 0.490 e. The summed E-state index contributed by atoms with van der Waals surface area (Å²) in [4.78, 5) is 14.8. The van der Waals surface area contributed by atoms with E-state index >= 15 is 0 Å². The van der Waals surface area contributed by atoms with E-state index in [-0.39, 0.29) is 23.6 Å². The fraction of sp³-hybridized carbons (Fsp3) is 0.536. The van der Waals surface area contributed by atoms with Crippen molar-refractivity contribution >= 4 is 29.0 Å². The predicted molar refractivity (Wildman–Crippen MR) is 139 cm³/mol. The lowest BCUT2D eigenvalue weighted by atomic mass is 9.89. The maximum Gasteiger partial charge on any atom is 0.319 e. The standard InChI is InChI=1S/C28H34ClN3O3/c29-26-24-12-11-23(35-22-13-15-34-16-14-22)17-25(24)32(21-5-2-6-21)27(26)18-7-9-20(10-8-18)31-28(33)30-19-3-1-4-19/h7-12,17,19,21-22,26-27H,1-6,13-16H2,(H2,30,31,33). The summed E-state index contributed by atoms with van der Waals surface area (Å²) in [7, 11) is 0. The summed E-state index contributed by atoms with van der Waals surface area (Å²) in [5, 5.41) is 5.86. The first kappa shape index (κ1) is 23.0. The number of anilines is 2. The van der Waals surface area contributed by atoms with Crippen LogP contribution in [0.5, 0.6) is 5.75 Å². The summed E-state index contributed by atoms with van der Waals surface area (Å²) in [5.74, 6) is 0.918. The zero-order valence-electron chi connectivity index (χ0n) is 20.0. The second kappa shape index (κ2) is 9.90. The minimum Gasteiger partial charge on any atom is -0.490 e. The number of hydrogen-bond acceptors (Lipinski definition) is 4. The highest BCUT2D eigenvalue weighted by molar-refractivity contribution is 6.22. The third-order valence-electron chi connectivity index (χ3n) is 8.04. The van der Waals surface area contributed by atoms with E-state index in [1.165, 1.54) is 42.5 Å². The number of halogens is 1. The lowest BCUT2D eigenvalue weighted by Gasteiger charge is -2.41. The van der Waals surface area contributed by atoms with Crippen molar-refractivity contribution in [2.45, 2.75) is 81.0 Å². The first-order chi connectivity index (χ1) is 17.2. The molecule has 7 heteroatoms. The van der Waals surface area contributed by atoms with E-state index in [1.807, 2.05) is 12.1 Å². The van der Waals surface area contributed by atoms with E-state index in [1.54, 1.807) is 0 Å². The average molecular weight is 496 g/mol. The van der Waals surface area contributed by atoms with Crippen LogP contribution in [0.2, 0.25) is 0 Å². The summed E-state index contributed by atoms with van der Waals surface area (Å²) in [5.41, 5.74) is 4.34. The minimum absolute atomic E-state index is 0.0631. The topological polar surface area (TPSA) is 62.8 Å². The molecule has 186 valence electrons. The summed E-state index contributed by atoms with van der Waals surface area (Å²) >= 11 is 7.13. The van der Waals surface area contributed by atoms with Gasteiger partial charge in [-0.05, 0) is 67.9 Å². The van der Waals surface area contributed by atoms with Crippen LogP contribution in [0.25, 0.3) is 0 Å². The van der Waals surface area contributed by atoms with E-state index in [0.717, 1.165) is 50.3 Å². The van der Waals surface area contributed by atoms with Gasteiger partial charge in [-0.15, -0.1) is 11.6 Å². The van der Waals surface area contributed by atoms with Crippen molar-refractivity contribution in [1.82, 2.24) is 5.32 Å². The van der Waals surface area contributed by atoms with Gasteiger partial charge in [0.25, 0.3) is 0 Å². The Bertz CT molecular complexity index is 1050. The van der Waals surface area contributed by atoms with Gasteiger partial charge >= 0.3 is 6.03 Å². The minimum atomic E-state index is -0.136. The lowest BCUT2D eigenvalue weighted by molar-refractivity contribution is 0.0256. The fourth-order valence-electron chi connectivity index (χ4n) is 5.59. The van der Waals surface area contributed by atoms with Crippen LogP contribution in [0.15, 0.2) is 42.5 Å². The van der Waals surface area contributed by atoms with Crippen LogP contribution in [0, 0.1) is 0 Å².